The Balaban J connectivity index is 2.02. The highest BCUT2D eigenvalue weighted by Crippen LogP contribution is 2.31. The molecular weight excluding hydrogens is 286 g/mol. The Labute approximate surface area is 119 Å². The number of rotatable bonds is 3. The molecule has 1 aliphatic rings. The van der Waals surface area contributed by atoms with E-state index in [1.165, 1.54) is 29.3 Å². The lowest BCUT2D eigenvalue weighted by Gasteiger charge is -2.35. The summed E-state index contributed by atoms with van der Waals surface area (Å²) >= 11 is 3.65. The second kappa shape index (κ2) is 6.21. The number of nitrogens with one attached hydrogen (secondary N) is 1. The standard InChI is InChI=1S/C16H24BrN/c1-11-8-9-12(2)16(10-11)18-13(3)14-6-4-5-7-15(14)17/h4-7,11-13,16,18H,8-10H2,1-3H3/t11?,12?,13-,16?/m0/s1. The molecule has 0 radical (unpaired) electrons. The molecule has 2 heteroatoms. The summed E-state index contributed by atoms with van der Waals surface area (Å²) in [6.07, 6.45) is 4.07. The number of hydrogen-bond acceptors (Lipinski definition) is 1. The number of hydrogen-bond donors (Lipinski definition) is 1. The predicted molar refractivity (Wildman–Crippen MR) is 81.7 cm³/mol. The third kappa shape index (κ3) is 3.36. The van der Waals surface area contributed by atoms with Crippen LogP contribution in [0.15, 0.2) is 28.7 Å². The molecule has 2 rings (SSSR count). The zero-order chi connectivity index (χ0) is 13.1. The van der Waals surface area contributed by atoms with Crippen LogP contribution < -0.4 is 5.32 Å². The Morgan fingerprint density at radius 1 is 1.22 bits per heavy atom. The molecule has 0 amide bonds. The van der Waals surface area contributed by atoms with Crippen LogP contribution in [0.25, 0.3) is 0 Å². The van der Waals surface area contributed by atoms with Gasteiger partial charge in [-0.2, -0.15) is 0 Å². The van der Waals surface area contributed by atoms with Gasteiger partial charge >= 0.3 is 0 Å². The van der Waals surface area contributed by atoms with Crippen molar-refractivity contribution < 1.29 is 0 Å². The van der Waals surface area contributed by atoms with Crippen LogP contribution >= 0.6 is 15.9 Å². The van der Waals surface area contributed by atoms with Gasteiger partial charge in [0.25, 0.3) is 0 Å². The van der Waals surface area contributed by atoms with Crippen LogP contribution in [0.2, 0.25) is 0 Å². The molecule has 1 aliphatic carbocycles. The van der Waals surface area contributed by atoms with Gasteiger partial charge in [0.15, 0.2) is 0 Å². The van der Waals surface area contributed by atoms with Gasteiger partial charge in [0.05, 0.1) is 0 Å². The van der Waals surface area contributed by atoms with Crippen LogP contribution in [0.4, 0.5) is 0 Å². The van der Waals surface area contributed by atoms with E-state index in [9.17, 15) is 0 Å². The van der Waals surface area contributed by atoms with Crippen LogP contribution in [0.1, 0.15) is 51.6 Å². The molecule has 4 atom stereocenters. The van der Waals surface area contributed by atoms with Crippen molar-refractivity contribution in [1.82, 2.24) is 5.32 Å². The number of halogens is 1. The minimum Gasteiger partial charge on any atom is -0.307 e. The van der Waals surface area contributed by atoms with Crippen molar-refractivity contribution in [2.24, 2.45) is 11.8 Å². The van der Waals surface area contributed by atoms with E-state index >= 15 is 0 Å². The van der Waals surface area contributed by atoms with Gasteiger partial charge in [0.2, 0.25) is 0 Å². The van der Waals surface area contributed by atoms with Crippen molar-refractivity contribution in [3.8, 4) is 0 Å². The summed E-state index contributed by atoms with van der Waals surface area (Å²) < 4.78 is 1.21. The molecule has 0 saturated heterocycles. The molecule has 1 fully saturated rings. The molecule has 0 aromatic heterocycles. The molecule has 0 heterocycles. The normalized spacial score (nSPS) is 30.1. The van der Waals surface area contributed by atoms with Crippen LogP contribution in [-0.2, 0) is 0 Å². The monoisotopic (exact) mass is 309 g/mol. The SMILES string of the molecule is CC1CCC(C)C(N[C@@H](C)c2ccccc2Br)C1. The molecule has 1 nitrogen and oxygen atoms in total. The average Bonchev–Trinajstić information content (AvgIpc) is 2.34. The highest BCUT2D eigenvalue weighted by molar-refractivity contribution is 9.10. The maximum Gasteiger partial charge on any atom is 0.0305 e. The lowest BCUT2D eigenvalue weighted by atomic mass is 9.79. The molecule has 0 bridgehead atoms. The molecule has 18 heavy (non-hydrogen) atoms. The van der Waals surface area contributed by atoms with Gasteiger partial charge in [-0.25, -0.2) is 0 Å². The minimum atomic E-state index is 0.415. The second-order valence-corrected chi connectivity index (χ2v) is 6.77. The van der Waals surface area contributed by atoms with E-state index in [1.54, 1.807) is 0 Å². The first-order valence-corrected chi connectivity index (χ1v) is 7.87. The van der Waals surface area contributed by atoms with Crippen molar-refractivity contribution >= 4 is 15.9 Å². The first-order chi connectivity index (χ1) is 8.58. The van der Waals surface area contributed by atoms with Crippen molar-refractivity contribution in [3.05, 3.63) is 34.3 Å². The van der Waals surface area contributed by atoms with E-state index in [-0.39, 0.29) is 0 Å². The Bertz CT molecular complexity index is 390. The third-order valence-corrected chi connectivity index (χ3v) is 5.02. The molecular formula is C16H24BrN. The Morgan fingerprint density at radius 3 is 2.67 bits per heavy atom. The Kier molecular flexibility index (Phi) is 4.85. The van der Waals surface area contributed by atoms with Gasteiger partial charge in [0, 0.05) is 16.6 Å². The summed E-state index contributed by atoms with van der Waals surface area (Å²) in [5.74, 6) is 1.66. The first-order valence-electron chi connectivity index (χ1n) is 7.08. The second-order valence-electron chi connectivity index (χ2n) is 5.91. The van der Waals surface area contributed by atoms with Crippen LogP contribution in [-0.4, -0.2) is 6.04 Å². The molecule has 100 valence electrons. The van der Waals surface area contributed by atoms with E-state index < -0.39 is 0 Å². The fourth-order valence-corrected chi connectivity index (χ4v) is 3.63. The minimum absolute atomic E-state index is 0.415. The van der Waals surface area contributed by atoms with Crippen molar-refractivity contribution in [2.75, 3.05) is 0 Å². The van der Waals surface area contributed by atoms with E-state index in [0.29, 0.717) is 12.1 Å². The number of benzene rings is 1. The smallest absolute Gasteiger partial charge is 0.0305 e. The van der Waals surface area contributed by atoms with Crippen molar-refractivity contribution in [1.29, 1.82) is 0 Å². The Hall–Kier alpha value is -0.340. The zero-order valence-electron chi connectivity index (χ0n) is 11.6. The molecule has 1 N–H and O–H groups in total. The molecule has 0 spiro atoms. The van der Waals surface area contributed by atoms with E-state index in [1.807, 2.05) is 0 Å². The van der Waals surface area contributed by atoms with Gasteiger partial charge in [0.1, 0.15) is 0 Å². The van der Waals surface area contributed by atoms with Crippen LogP contribution in [0.3, 0.4) is 0 Å². The van der Waals surface area contributed by atoms with Gasteiger partial charge in [-0.05, 0) is 43.2 Å². The summed E-state index contributed by atoms with van der Waals surface area (Å²) in [6.45, 7) is 7.03. The van der Waals surface area contributed by atoms with Gasteiger partial charge in [-0.1, -0.05) is 54.4 Å². The Morgan fingerprint density at radius 2 is 1.94 bits per heavy atom. The lowest BCUT2D eigenvalue weighted by molar-refractivity contribution is 0.216. The maximum absolute atomic E-state index is 3.83. The fourth-order valence-electron chi connectivity index (χ4n) is 3.00. The molecule has 3 unspecified atom stereocenters. The molecule has 1 saturated carbocycles. The predicted octanol–water partition coefficient (Wildman–Crippen LogP) is 4.92. The molecule has 0 aliphatic heterocycles. The van der Waals surface area contributed by atoms with E-state index in [2.05, 4.69) is 66.3 Å². The quantitative estimate of drug-likeness (QED) is 0.835. The summed E-state index contributed by atoms with van der Waals surface area (Å²) in [7, 11) is 0. The summed E-state index contributed by atoms with van der Waals surface area (Å²) in [4.78, 5) is 0. The fraction of sp³-hybridized carbons (Fsp3) is 0.625. The largest absolute Gasteiger partial charge is 0.307 e. The first kappa shape index (κ1) is 14.1. The highest BCUT2D eigenvalue weighted by Gasteiger charge is 2.26. The van der Waals surface area contributed by atoms with Crippen molar-refractivity contribution in [2.45, 2.75) is 52.1 Å². The van der Waals surface area contributed by atoms with Gasteiger partial charge in [-0.3, -0.25) is 0 Å². The van der Waals surface area contributed by atoms with Crippen LogP contribution in [0.5, 0.6) is 0 Å². The third-order valence-electron chi connectivity index (χ3n) is 4.29. The average molecular weight is 310 g/mol. The van der Waals surface area contributed by atoms with Gasteiger partial charge in [-0.15, -0.1) is 0 Å². The van der Waals surface area contributed by atoms with Crippen LogP contribution in [0, 0.1) is 11.8 Å². The topological polar surface area (TPSA) is 12.0 Å². The molecule has 1 aromatic rings. The van der Waals surface area contributed by atoms with E-state index in [0.717, 1.165) is 11.8 Å². The lowest BCUT2D eigenvalue weighted by Crippen LogP contribution is -2.40. The maximum atomic E-state index is 3.83. The van der Waals surface area contributed by atoms with Crippen molar-refractivity contribution in [3.63, 3.8) is 0 Å². The zero-order valence-corrected chi connectivity index (χ0v) is 13.2. The van der Waals surface area contributed by atoms with Gasteiger partial charge < -0.3 is 5.32 Å². The highest BCUT2D eigenvalue weighted by atomic mass is 79.9. The van der Waals surface area contributed by atoms with E-state index in [4.69, 9.17) is 0 Å². The summed E-state index contributed by atoms with van der Waals surface area (Å²) in [5, 5.41) is 3.83. The summed E-state index contributed by atoms with van der Waals surface area (Å²) in [5.41, 5.74) is 1.36. The summed E-state index contributed by atoms with van der Waals surface area (Å²) in [6, 6.07) is 9.60. The molecule has 1 aromatic carbocycles.